The Morgan fingerprint density at radius 1 is 1.19 bits per heavy atom. The Morgan fingerprint density at radius 2 is 1.93 bits per heavy atom. The first-order chi connectivity index (χ1) is 13.1. The monoisotopic (exact) mass is 365 g/mol. The molecule has 3 aromatic rings. The van der Waals surface area contributed by atoms with Crippen LogP contribution in [-0.2, 0) is 7.05 Å². The Kier molecular flexibility index (Phi) is 4.23. The largest absolute Gasteiger partial charge is 0.496 e. The molecule has 8 heteroatoms. The Bertz CT molecular complexity index is 1030. The molecule has 1 amide bonds. The number of carbonyl (C=O) groups is 1. The molecule has 2 aromatic heterocycles. The molecule has 8 nitrogen and oxygen atoms in total. The number of rotatable bonds is 4. The quantitative estimate of drug-likeness (QED) is 0.697. The van der Waals surface area contributed by atoms with Gasteiger partial charge in [-0.05, 0) is 0 Å². The molecule has 0 radical (unpaired) electrons. The Labute approximate surface area is 155 Å². The molecule has 0 bridgehead atoms. The van der Waals surface area contributed by atoms with E-state index in [0.717, 1.165) is 11.3 Å². The van der Waals surface area contributed by atoms with E-state index in [2.05, 4.69) is 10.3 Å². The molecule has 3 heterocycles. The van der Waals surface area contributed by atoms with Gasteiger partial charge in [0, 0.05) is 38.0 Å². The fraction of sp³-hybridized carbons (Fsp3) is 0.263. The van der Waals surface area contributed by atoms with Gasteiger partial charge in [0.15, 0.2) is 0 Å². The molecule has 0 atom stereocenters. The average Bonchev–Trinajstić information content (AvgIpc) is 3.12. The highest BCUT2D eigenvalue weighted by molar-refractivity contribution is 5.97. The van der Waals surface area contributed by atoms with Crippen LogP contribution in [0.1, 0.15) is 16.4 Å². The number of hydrogen-bond donors (Lipinski definition) is 0. The van der Waals surface area contributed by atoms with Gasteiger partial charge in [0.05, 0.1) is 24.9 Å². The number of aryl methyl sites for hydroxylation is 1. The molecule has 0 unspecified atom stereocenters. The number of pyridine rings is 1. The van der Waals surface area contributed by atoms with E-state index in [0.29, 0.717) is 24.4 Å². The summed E-state index contributed by atoms with van der Waals surface area (Å²) < 4.78 is 8.36. The van der Waals surface area contributed by atoms with Crippen molar-refractivity contribution in [1.82, 2.24) is 24.5 Å². The van der Waals surface area contributed by atoms with Crippen LogP contribution in [0.15, 0.2) is 53.6 Å². The van der Waals surface area contributed by atoms with E-state index < -0.39 is 0 Å². The van der Waals surface area contributed by atoms with Gasteiger partial charge < -0.3 is 14.2 Å². The normalized spacial score (nSPS) is 14.1. The summed E-state index contributed by atoms with van der Waals surface area (Å²) in [5, 5.41) is 8.42. The van der Waals surface area contributed by atoms with Crippen LogP contribution in [-0.4, -0.2) is 50.6 Å². The van der Waals surface area contributed by atoms with Crippen molar-refractivity contribution in [3.8, 4) is 17.0 Å². The second-order valence-corrected chi connectivity index (χ2v) is 6.52. The number of benzene rings is 1. The second-order valence-electron chi connectivity index (χ2n) is 6.52. The number of nitrogens with zero attached hydrogens (tertiary/aromatic N) is 5. The minimum Gasteiger partial charge on any atom is -0.496 e. The third kappa shape index (κ3) is 3.10. The molecule has 0 spiro atoms. The smallest absolute Gasteiger partial charge is 0.259 e. The third-order valence-corrected chi connectivity index (χ3v) is 4.74. The van der Waals surface area contributed by atoms with Crippen LogP contribution in [0.2, 0.25) is 0 Å². The van der Waals surface area contributed by atoms with Gasteiger partial charge in [0.2, 0.25) is 0 Å². The van der Waals surface area contributed by atoms with Crippen molar-refractivity contribution in [2.75, 3.05) is 20.2 Å². The molecule has 0 aliphatic carbocycles. The number of hydrogen-bond acceptors (Lipinski definition) is 5. The SMILES string of the molecule is COc1cc(=O)n(C)cc1C(=O)N1CC(n2cc(-c3ccccc3)nn2)C1. The van der Waals surface area contributed by atoms with Crippen molar-refractivity contribution in [3.63, 3.8) is 0 Å². The van der Waals surface area contributed by atoms with Crippen molar-refractivity contribution < 1.29 is 9.53 Å². The summed E-state index contributed by atoms with van der Waals surface area (Å²) in [5.41, 5.74) is 1.97. The summed E-state index contributed by atoms with van der Waals surface area (Å²) in [6.45, 7) is 1.06. The van der Waals surface area contributed by atoms with Crippen molar-refractivity contribution in [2.24, 2.45) is 7.05 Å². The molecule has 0 saturated carbocycles. The van der Waals surface area contributed by atoms with Crippen LogP contribution in [0.3, 0.4) is 0 Å². The molecule has 0 N–H and O–H groups in total. The Balaban J connectivity index is 1.47. The lowest BCUT2D eigenvalue weighted by Crippen LogP contribution is -2.51. The van der Waals surface area contributed by atoms with Crippen LogP contribution in [0.5, 0.6) is 5.75 Å². The summed E-state index contributed by atoms with van der Waals surface area (Å²) >= 11 is 0. The van der Waals surface area contributed by atoms with Gasteiger partial charge in [-0.3, -0.25) is 9.59 Å². The lowest BCUT2D eigenvalue weighted by molar-refractivity contribution is 0.0494. The van der Waals surface area contributed by atoms with Gasteiger partial charge in [0.25, 0.3) is 11.5 Å². The van der Waals surface area contributed by atoms with E-state index in [1.807, 2.05) is 36.5 Å². The van der Waals surface area contributed by atoms with Gasteiger partial charge in [-0.15, -0.1) is 5.10 Å². The number of aromatic nitrogens is 4. The fourth-order valence-corrected chi connectivity index (χ4v) is 3.10. The van der Waals surface area contributed by atoms with E-state index in [9.17, 15) is 9.59 Å². The number of amides is 1. The maximum absolute atomic E-state index is 12.8. The van der Waals surface area contributed by atoms with Crippen LogP contribution in [0, 0.1) is 0 Å². The molecular formula is C19H19N5O3. The summed E-state index contributed by atoms with van der Waals surface area (Å²) in [4.78, 5) is 26.2. The first-order valence-electron chi connectivity index (χ1n) is 8.58. The number of carbonyl (C=O) groups excluding carboxylic acids is 1. The third-order valence-electron chi connectivity index (χ3n) is 4.74. The first kappa shape index (κ1) is 17.0. The molecule has 1 aliphatic heterocycles. The van der Waals surface area contributed by atoms with Crippen molar-refractivity contribution in [1.29, 1.82) is 0 Å². The maximum atomic E-state index is 12.8. The highest BCUT2D eigenvalue weighted by Crippen LogP contribution is 2.26. The summed E-state index contributed by atoms with van der Waals surface area (Å²) in [6.07, 6.45) is 3.41. The zero-order chi connectivity index (χ0) is 19.0. The van der Waals surface area contributed by atoms with Crippen LogP contribution in [0.4, 0.5) is 0 Å². The van der Waals surface area contributed by atoms with Crippen molar-refractivity contribution in [2.45, 2.75) is 6.04 Å². The number of ether oxygens (including phenoxy) is 1. The molecule has 1 aromatic carbocycles. The molecule has 4 rings (SSSR count). The molecule has 138 valence electrons. The first-order valence-corrected chi connectivity index (χ1v) is 8.58. The zero-order valence-electron chi connectivity index (χ0n) is 15.1. The molecular weight excluding hydrogens is 346 g/mol. The van der Waals surface area contributed by atoms with Gasteiger partial charge >= 0.3 is 0 Å². The predicted octanol–water partition coefficient (Wildman–Crippen LogP) is 1.35. The Hall–Kier alpha value is -3.42. The average molecular weight is 365 g/mol. The maximum Gasteiger partial charge on any atom is 0.259 e. The summed E-state index contributed by atoms with van der Waals surface area (Å²) in [7, 11) is 3.06. The topological polar surface area (TPSA) is 82.2 Å². The van der Waals surface area contributed by atoms with Gasteiger partial charge in [-0.1, -0.05) is 35.5 Å². The van der Waals surface area contributed by atoms with Crippen molar-refractivity contribution in [3.05, 3.63) is 64.7 Å². The zero-order valence-corrected chi connectivity index (χ0v) is 15.1. The molecule has 1 saturated heterocycles. The van der Waals surface area contributed by atoms with E-state index >= 15 is 0 Å². The molecule has 1 fully saturated rings. The highest BCUT2D eigenvalue weighted by atomic mass is 16.5. The predicted molar refractivity (Wildman–Crippen MR) is 98.6 cm³/mol. The van der Waals surface area contributed by atoms with E-state index in [-0.39, 0.29) is 17.5 Å². The number of likely N-dealkylation sites (tertiary alicyclic amines) is 1. The van der Waals surface area contributed by atoms with Crippen LogP contribution in [0.25, 0.3) is 11.3 Å². The summed E-state index contributed by atoms with van der Waals surface area (Å²) in [6, 6.07) is 11.2. The van der Waals surface area contributed by atoms with Gasteiger partial charge in [-0.2, -0.15) is 0 Å². The fourth-order valence-electron chi connectivity index (χ4n) is 3.10. The standard InChI is InChI=1S/C19H19N5O3/c1-22-11-15(17(27-2)8-18(22)25)19(26)23-9-14(10-23)24-12-16(20-21-24)13-6-4-3-5-7-13/h3-8,11-12,14H,9-10H2,1-2H3. The van der Waals surface area contributed by atoms with Gasteiger partial charge in [0.1, 0.15) is 11.4 Å². The second kappa shape index (κ2) is 6.71. The highest BCUT2D eigenvalue weighted by Gasteiger charge is 2.34. The van der Waals surface area contributed by atoms with Gasteiger partial charge in [-0.25, -0.2) is 4.68 Å². The van der Waals surface area contributed by atoms with E-state index in [4.69, 9.17) is 4.74 Å². The summed E-state index contributed by atoms with van der Waals surface area (Å²) in [5.74, 6) is 0.126. The number of methoxy groups -OCH3 is 1. The minimum absolute atomic E-state index is 0.0810. The lowest BCUT2D eigenvalue weighted by atomic mass is 10.1. The van der Waals surface area contributed by atoms with E-state index in [1.165, 1.54) is 23.9 Å². The van der Waals surface area contributed by atoms with E-state index in [1.54, 1.807) is 16.6 Å². The minimum atomic E-state index is -0.221. The Morgan fingerprint density at radius 3 is 2.63 bits per heavy atom. The van der Waals surface area contributed by atoms with Crippen LogP contribution < -0.4 is 10.3 Å². The lowest BCUT2D eigenvalue weighted by Gasteiger charge is -2.39. The van der Waals surface area contributed by atoms with Crippen molar-refractivity contribution >= 4 is 5.91 Å². The molecule has 1 aliphatic rings. The van der Waals surface area contributed by atoms with Crippen LogP contribution >= 0.6 is 0 Å². The molecule has 27 heavy (non-hydrogen) atoms.